The molecule has 21 heavy (non-hydrogen) atoms. The number of benzene rings is 1. The van der Waals surface area contributed by atoms with Crippen molar-refractivity contribution in [3.63, 3.8) is 0 Å². The van der Waals surface area contributed by atoms with Crippen LogP contribution in [0.2, 0.25) is 10.3 Å². The molecule has 110 valence electrons. The maximum Gasteiger partial charge on any atom is 0.160 e. The quantitative estimate of drug-likeness (QED) is 0.666. The van der Waals surface area contributed by atoms with Crippen molar-refractivity contribution < 1.29 is 4.74 Å². The number of hydrogen-bond acceptors (Lipinski definition) is 3. The predicted molar refractivity (Wildman–Crippen MR) is 87.7 cm³/mol. The highest BCUT2D eigenvalue weighted by Crippen LogP contribution is 2.44. The molecule has 1 heterocycles. The van der Waals surface area contributed by atoms with Crippen molar-refractivity contribution >= 4 is 39.1 Å². The fourth-order valence-electron chi connectivity index (χ4n) is 2.34. The molecule has 1 saturated carbocycles. The molecular weight excluding hydrogens is 375 g/mol. The van der Waals surface area contributed by atoms with Gasteiger partial charge in [0.1, 0.15) is 16.4 Å². The fourth-order valence-corrected chi connectivity index (χ4v) is 3.43. The van der Waals surface area contributed by atoms with Crippen molar-refractivity contribution in [2.75, 3.05) is 7.11 Å². The lowest BCUT2D eigenvalue weighted by molar-refractivity contribution is 0.0772. The molecule has 1 aromatic heterocycles. The first-order valence-corrected chi connectivity index (χ1v) is 8.17. The molecule has 6 heteroatoms. The molecule has 1 atom stereocenters. The largest absolute Gasteiger partial charge is 0.373 e. The van der Waals surface area contributed by atoms with E-state index in [4.69, 9.17) is 27.9 Å². The minimum Gasteiger partial charge on any atom is -0.373 e. The first-order chi connectivity index (χ1) is 10.1. The Morgan fingerprint density at radius 3 is 2.33 bits per heavy atom. The second kappa shape index (κ2) is 6.21. The zero-order valence-corrected chi connectivity index (χ0v) is 14.4. The molecule has 3 rings (SSSR count). The SMILES string of the molecule is COC(c1nc(Cl)c(-c2ccccc2Br)c(Cl)n1)C1CC1. The van der Waals surface area contributed by atoms with E-state index in [1.807, 2.05) is 24.3 Å². The topological polar surface area (TPSA) is 35.0 Å². The molecule has 1 fully saturated rings. The average Bonchev–Trinajstić information content (AvgIpc) is 3.26. The molecule has 0 amide bonds. The van der Waals surface area contributed by atoms with Gasteiger partial charge in [-0.1, -0.05) is 57.3 Å². The van der Waals surface area contributed by atoms with E-state index in [1.54, 1.807) is 7.11 Å². The summed E-state index contributed by atoms with van der Waals surface area (Å²) in [4.78, 5) is 8.82. The van der Waals surface area contributed by atoms with E-state index in [2.05, 4.69) is 25.9 Å². The van der Waals surface area contributed by atoms with Crippen LogP contribution in [0.4, 0.5) is 0 Å². The predicted octanol–water partition coefficient (Wildman–Crippen LogP) is 5.31. The van der Waals surface area contributed by atoms with Gasteiger partial charge in [0.05, 0.1) is 5.56 Å². The molecule has 0 spiro atoms. The lowest BCUT2D eigenvalue weighted by Crippen LogP contribution is -2.10. The van der Waals surface area contributed by atoms with Gasteiger partial charge in [0.2, 0.25) is 0 Å². The highest BCUT2D eigenvalue weighted by atomic mass is 79.9. The number of ether oxygens (including phenoxy) is 1. The summed E-state index contributed by atoms with van der Waals surface area (Å²) in [5, 5.41) is 0.694. The summed E-state index contributed by atoms with van der Waals surface area (Å²) in [5.74, 6) is 1.03. The molecule has 0 bridgehead atoms. The fraction of sp³-hybridized carbons (Fsp3) is 0.333. The Bertz CT molecular complexity index is 653. The number of halogens is 3. The van der Waals surface area contributed by atoms with Crippen LogP contribution in [-0.2, 0) is 4.74 Å². The third kappa shape index (κ3) is 3.09. The molecule has 0 aliphatic heterocycles. The van der Waals surface area contributed by atoms with Gasteiger partial charge in [0.25, 0.3) is 0 Å². The Labute approximate surface area is 141 Å². The van der Waals surface area contributed by atoms with E-state index in [0.717, 1.165) is 22.9 Å². The summed E-state index contributed by atoms with van der Waals surface area (Å²) < 4.78 is 6.39. The second-order valence-corrected chi connectivity index (χ2v) is 6.58. The first kappa shape index (κ1) is 15.2. The van der Waals surface area contributed by atoms with Crippen LogP contribution in [0.15, 0.2) is 28.7 Å². The summed E-state index contributed by atoms with van der Waals surface area (Å²) in [7, 11) is 1.66. The third-order valence-corrected chi connectivity index (χ3v) is 4.78. The van der Waals surface area contributed by atoms with Gasteiger partial charge in [-0.15, -0.1) is 0 Å². The minimum atomic E-state index is -0.131. The minimum absolute atomic E-state index is 0.131. The highest BCUT2D eigenvalue weighted by Gasteiger charge is 2.35. The van der Waals surface area contributed by atoms with Gasteiger partial charge in [-0.05, 0) is 24.8 Å². The zero-order chi connectivity index (χ0) is 15.0. The molecule has 1 aliphatic rings. The molecule has 0 saturated heterocycles. The Hall–Kier alpha value is -0.680. The molecule has 1 aromatic carbocycles. The summed E-state index contributed by atoms with van der Waals surface area (Å²) in [6.45, 7) is 0. The van der Waals surface area contributed by atoms with Gasteiger partial charge in [0, 0.05) is 17.1 Å². The average molecular weight is 388 g/mol. The van der Waals surface area contributed by atoms with E-state index in [1.165, 1.54) is 0 Å². The highest BCUT2D eigenvalue weighted by molar-refractivity contribution is 9.10. The maximum absolute atomic E-state index is 6.36. The van der Waals surface area contributed by atoms with E-state index >= 15 is 0 Å². The summed E-state index contributed by atoms with van der Waals surface area (Å²) >= 11 is 16.2. The van der Waals surface area contributed by atoms with Gasteiger partial charge < -0.3 is 4.74 Å². The summed E-state index contributed by atoms with van der Waals surface area (Å²) in [6.07, 6.45) is 2.12. The lowest BCUT2D eigenvalue weighted by Gasteiger charge is -2.15. The van der Waals surface area contributed by atoms with Crippen molar-refractivity contribution in [3.05, 3.63) is 44.9 Å². The van der Waals surface area contributed by atoms with Crippen LogP contribution >= 0.6 is 39.1 Å². The summed E-state index contributed by atoms with van der Waals surface area (Å²) in [5.41, 5.74) is 1.51. The standard InChI is InChI=1S/C15H13BrCl2N2O/c1-21-12(8-6-7-8)15-19-13(17)11(14(18)20-15)9-4-2-3-5-10(9)16/h2-5,8,12H,6-7H2,1H3. The Morgan fingerprint density at radius 2 is 1.81 bits per heavy atom. The number of hydrogen-bond donors (Lipinski definition) is 0. The van der Waals surface area contributed by atoms with E-state index in [0.29, 0.717) is 27.6 Å². The van der Waals surface area contributed by atoms with Crippen molar-refractivity contribution in [3.8, 4) is 11.1 Å². The molecule has 2 aromatic rings. The zero-order valence-electron chi connectivity index (χ0n) is 11.3. The molecule has 0 radical (unpaired) electrons. The van der Waals surface area contributed by atoms with Crippen LogP contribution in [0.5, 0.6) is 0 Å². The molecule has 1 unspecified atom stereocenters. The monoisotopic (exact) mass is 386 g/mol. The molecule has 0 N–H and O–H groups in total. The van der Waals surface area contributed by atoms with Crippen molar-refractivity contribution in [2.45, 2.75) is 18.9 Å². The Morgan fingerprint density at radius 1 is 1.19 bits per heavy atom. The van der Waals surface area contributed by atoms with Crippen LogP contribution in [0, 0.1) is 5.92 Å². The van der Waals surface area contributed by atoms with Crippen molar-refractivity contribution in [1.82, 2.24) is 9.97 Å². The lowest BCUT2D eigenvalue weighted by atomic mass is 10.1. The van der Waals surface area contributed by atoms with E-state index < -0.39 is 0 Å². The van der Waals surface area contributed by atoms with Crippen molar-refractivity contribution in [1.29, 1.82) is 0 Å². The maximum atomic E-state index is 6.36. The third-order valence-electron chi connectivity index (χ3n) is 3.54. The molecule has 1 aliphatic carbocycles. The number of rotatable bonds is 4. The smallest absolute Gasteiger partial charge is 0.160 e. The van der Waals surface area contributed by atoms with Gasteiger partial charge in [-0.2, -0.15) is 0 Å². The molecule has 3 nitrogen and oxygen atoms in total. The van der Waals surface area contributed by atoms with Gasteiger partial charge in [0.15, 0.2) is 5.82 Å². The van der Waals surface area contributed by atoms with Gasteiger partial charge >= 0.3 is 0 Å². The van der Waals surface area contributed by atoms with E-state index in [9.17, 15) is 0 Å². The van der Waals surface area contributed by atoms with E-state index in [-0.39, 0.29) is 6.10 Å². The van der Waals surface area contributed by atoms with Gasteiger partial charge in [-0.25, -0.2) is 9.97 Å². The van der Waals surface area contributed by atoms with Crippen molar-refractivity contribution in [2.24, 2.45) is 5.92 Å². The van der Waals surface area contributed by atoms with Crippen LogP contribution in [0.1, 0.15) is 24.8 Å². The van der Waals surface area contributed by atoms with Crippen LogP contribution in [0.3, 0.4) is 0 Å². The Balaban J connectivity index is 2.06. The van der Waals surface area contributed by atoms with Crippen LogP contribution in [0.25, 0.3) is 11.1 Å². The summed E-state index contributed by atoms with van der Waals surface area (Å²) in [6, 6.07) is 7.70. The molecular formula is C15H13BrCl2N2O. The first-order valence-electron chi connectivity index (χ1n) is 6.62. The van der Waals surface area contributed by atoms with Gasteiger partial charge in [-0.3, -0.25) is 0 Å². The van der Waals surface area contributed by atoms with Crippen LogP contribution < -0.4 is 0 Å². The number of methoxy groups -OCH3 is 1. The number of nitrogens with zero attached hydrogens (tertiary/aromatic N) is 2. The second-order valence-electron chi connectivity index (χ2n) is 5.01. The normalized spacial score (nSPS) is 16.0. The number of aromatic nitrogens is 2. The van der Waals surface area contributed by atoms with Crippen LogP contribution in [-0.4, -0.2) is 17.1 Å². The Kier molecular flexibility index (Phi) is 4.50.